The van der Waals surface area contributed by atoms with Crippen molar-refractivity contribution in [1.82, 2.24) is 0 Å². The Morgan fingerprint density at radius 2 is 0.658 bits per heavy atom. The topological polar surface area (TPSA) is 0 Å². The fraction of sp³-hybridized carbons (Fsp3) is 0. The molecule has 8 aromatic rings. The molecule has 0 aliphatic carbocycles. The summed E-state index contributed by atoms with van der Waals surface area (Å²) in [7, 11) is 0. The summed E-state index contributed by atoms with van der Waals surface area (Å²) in [5.74, 6) is 0. The van der Waals surface area contributed by atoms with Crippen molar-refractivity contribution in [3.63, 3.8) is 0 Å². The summed E-state index contributed by atoms with van der Waals surface area (Å²) in [6, 6.07) is 53.4. The average molecular weight is 481 g/mol. The van der Waals surface area contributed by atoms with Gasteiger partial charge in [0, 0.05) is 0 Å². The molecule has 0 heterocycles. The lowest BCUT2D eigenvalue weighted by Crippen LogP contribution is -1.87. The molecule has 0 spiro atoms. The van der Waals surface area contributed by atoms with E-state index in [1.54, 1.807) is 0 Å². The van der Waals surface area contributed by atoms with E-state index >= 15 is 0 Å². The summed E-state index contributed by atoms with van der Waals surface area (Å²) >= 11 is 0. The zero-order valence-corrected chi connectivity index (χ0v) is 20.9. The predicted octanol–water partition coefficient (Wildman–Crippen LogP) is 10.8. The molecule has 0 aliphatic heterocycles. The van der Waals surface area contributed by atoms with Gasteiger partial charge in [0.05, 0.1) is 0 Å². The Balaban J connectivity index is 1.33. The van der Waals surface area contributed by atoms with Crippen molar-refractivity contribution >= 4 is 53.9 Å². The summed E-state index contributed by atoms with van der Waals surface area (Å²) in [6.45, 7) is 0. The average Bonchev–Trinajstić information content (AvgIpc) is 2.99. The van der Waals surface area contributed by atoms with Crippen LogP contribution in [0.3, 0.4) is 0 Å². The maximum absolute atomic E-state index is 2.37. The van der Waals surface area contributed by atoms with Gasteiger partial charge in [0.2, 0.25) is 0 Å². The van der Waals surface area contributed by atoms with Gasteiger partial charge < -0.3 is 0 Å². The lowest BCUT2D eigenvalue weighted by atomic mass is 9.90. The van der Waals surface area contributed by atoms with Gasteiger partial charge in [-0.15, -0.1) is 0 Å². The van der Waals surface area contributed by atoms with Gasteiger partial charge in [-0.1, -0.05) is 121 Å². The number of rotatable bonds is 2. The van der Waals surface area contributed by atoms with Gasteiger partial charge in [0.25, 0.3) is 0 Å². The molecule has 0 fully saturated rings. The van der Waals surface area contributed by atoms with Crippen molar-refractivity contribution in [3.8, 4) is 22.3 Å². The highest BCUT2D eigenvalue weighted by atomic mass is 14.2. The lowest BCUT2D eigenvalue weighted by Gasteiger charge is -2.14. The molecule has 0 atom stereocenters. The molecule has 8 rings (SSSR count). The van der Waals surface area contributed by atoms with Crippen LogP contribution in [0, 0.1) is 0 Å². The third-order valence-electron chi connectivity index (χ3n) is 8.00. The first-order chi connectivity index (χ1) is 18.8. The van der Waals surface area contributed by atoms with Crippen LogP contribution in [-0.2, 0) is 0 Å². The Hall–Kier alpha value is -4.94. The van der Waals surface area contributed by atoms with Crippen molar-refractivity contribution in [2.24, 2.45) is 0 Å². The van der Waals surface area contributed by atoms with Gasteiger partial charge in [-0.25, -0.2) is 0 Å². The van der Waals surface area contributed by atoms with Crippen molar-refractivity contribution in [3.05, 3.63) is 146 Å². The Bertz CT molecular complexity index is 2160. The van der Waals surface area contributed by atoms with E-state index in [1.807, 2.05) is 0 Å². The zero-order chi connectivity index (χ0) is 25.1. The molecule has 0 N–H and O–H groups in total. The molecule has 0 heteroatoms. The van der Waals surface area contributed by atoms with Crippen LogP contribution in [0.15, 0.2) is 146 Å². The molecule has 0 radical (unpaired) electrons. The van der Waals surface area contributed by atoms with Gasteiger partial charge in [0.1, 0.15) is 0 Å². The molecule has 38 heavy (non-hydrogen) atoms. The van der Waals surface area contributed by atoms with Crippen LogP contribution in [0.4, 0.5) is 0 Å². The molecule has 0 nitrogen and oxygen atoms in total. The molecule has 0 unspecified atom stereocenters. The van der Waals surface area contributed by atoms with E-state index in [2.05, 4.69) is 146 Å². The monoisotopic (exact) mass is 480 g/mol. The van der Waals surface area contributed by atoms with Crippen LogP contribution in [0.2, 0.25) is 0 Å². The number of fused-ring (bicyclic) bond motifs is 7. The minimum atomic E-state index is 1.24. The van der Waals surface area contributed by atoms with Crippen LogP contribution >= 0.6 is 0 Å². The molecular weight excluding hydrogens is 456 g/mol. The number of hydrogen-bond acceptors (Lipinski definition) is 0. The minimum absolute atomic E-state index is 1.24. The van der Waals surface area contributed by atoms with E-state index in [0.717, 1.165) is 0 Å². The van der Waals surface area contributed by atoms with E-state index in [1.165, 1.54) is 76.1 Å². The van der Waals surface area contributed by atoms with Gasteiger partial charge >= 0.3 is 0 Å². The molecule has 0 saturated heterocycles. The van der Waals surface area contributed by atoms with Crippen LogP contribution in [0.1, 0.15) is 0 Å². The Morgan fingerprint density at radius 3 is 1.26 bits per heavy atom. The van der Waals surface area contributed by atoms with Crippen LogP contribution < -0.4 is 0 Å². The second-order valence-corrected chi connectivity index (χ2v) is 10.2. The van der Waals surface area contributed by atoms with E-state index < -0.39 is 0 Å². The molecule has 8 aromatic carbocycles. The molecular formula is C38H24. The SMILES string of the molecule is c1ccc2cc3c(cc(-c4ccc(-c5cc6ccccc6c6ccccc56)cc4)c4ccccc43)cc2c1. The first-order valence-corrected chi connectivity index (χ1v) is 13.2. The molecule has 176 valence electrons. The predicted molar refractivity (Wildman–Crippen MR) is 165 cm³/mol. The second-order valence-electron chi connectivity index (χ2n) is 10.2. The number of benzene rings is 8. The summed E-state index contributed by atoms with van der Waals surface area (Å²) in [5, 5.41) is 12.9. The number of hydrogen-bond donors (Lipinski definition) is 0. The van der Waals surface area contributed by atoms with Gasteiger partial charge in [-0.3, -0.25) is 0 Å². The lowest BCUT2D eigenvalue weighted by molar-refractivity contribution is 1.64. The van der Waals surface area contributed by atoms with Crippen molar-refractivity contribution in [2.75, 3.05) is 0 Å². The summed E-state index contributed by atoms with van der Waals surface area (Å²) in [6.07, 6.45) is 0. The van der Waals surface area contributed by atoms with Crippen molar-refractivity contribution in [2.45, 2.75) is 0 Å². The standard InChI is InChI=1S/C38H24/c1-2-10-28-22-38-30(21-27(28)9-1)24-37(34-15-7-8-16-35(34)38)26-19-17-25(18-20-26)36-23-29-11-3-4-12-31(29)32-13-5-6-14-33(32)36/h1-24H. The van der Waals surface area contributed by atoms with Crippen LogP contribution in [-0.4, -0.2) is 0 Å². The third kappa shape index (κ3) is 3.24. The van der Waals surface area contributed by atoms with Gasteiger partial charge in [0.15, 0.2) is 0 Å². The Labute approximate surface area is 221 Å². The fourth-order valence-electron chi connectivity index (χ4n) is 6.16. The summed E-state index contributed by atoms with van der Waals surface area (Å²) < 4.78 is 0. The molecule has 0 saturated carbocycles. The quantitative estimate of drug-likeness (QED) is 0.170. The highest BCUT2D eigenvalue weighted by molar-refractivity contribution is 6.17. The van der Waals surface area contributed by atoms with E-state index in [4.69, 9.17) is 0 Å². The zero-order valence-electron chi connectivity index (χ0n) is 20.9. The van der Waals surface area contributed by atoms with Gasteiger partial charge in [-0.2, -0.15) is 0 Å². The first-order valence-electron chi connectivity index (χ1n) is 13.2. The van der Waals surface area contributed by atoms with Crippen molar-refractivity contribution in [1.29, 1.82) is 0 Å². The summed E-state index contributed by atoms with van der Waals surface area (Å²) in [5.41, 5.74) is 5.04. The van der Waals surface area contributed by atoms with E-state index in [9.17, 15) is 0 Å². The molecule has 0 amide bonds. The van der Waals surface area contributed by atoms with Crippen molar-refractivity contribution < 1.29 is 0 Å². The molecule has 0 aromatic heterocycles. The first kappa shape index (κ1) is 21.2. The Morgan fingerprint density at radius 1 is 0.237 bits per heavy atom. The maximum atomic E-state index is 2.37. The maximum Gasteiger partial charge on any atom is -0.00986 e. The minimum Gasteiger partial charge on any atom is -0.0616 e. The largest absolute Gasteiger partial charge is 0.0616 e. The molecule has 0 bridgehead atoms. The van der Waals surface area contributed by atoms with Gasteiger partial charge in [-0.05, 0) is 100 Å². The Kier molecular flexibility index (Phi) is 4.62. The van der Waals surface area contributed by atoms with E-state index in [0.29, 0.717) is 0 Å². The normalized spacial score (nSPS) is 11.7. The summed E-state index contributed by atoms with van der Waals surface area (Å²) in [4.78, 5) is 0. The third-order valence-corrected chi connectivity index (χ3v) is 8.00. The second kappa shape index (κ2) is 8.30. The highest BCUT2D eigenvalue weighted by Gasteiger charge is 2.12. The smallest absolute Gasteiger partial charge is 0.00986 e. The molecule has 0 aliphatic rings. The van der Waals surface area contributed by atoms with Crippen LogP contribution in [0.5, 0.6) is 0 Å². The van der Waals surface area contributed by atoms with Crippen LogP contribution in [0.25, 0.3) is 76.1 Å². The fourth-order valence-corrected chi connectivity index (χ4v) is 6.16. The van der Waals surface area contributed by atoms with E-state index in [-0.39, 0.29) is 0 Å². The highest BCUT2D eigenvalue weighted by Crippen LogP contribution is 2.39.